The third kappa shape index (κ3) is 3.98. The molecule has 0 aliphatic carbocycles. The average Bonchev–Trinajstić information content (AvgIpc) is 3.19. The largest absolute Gasteiger partial charge is 0.338 e. The zero-order chi connectivity index (χ0) is 16.2. The van der Waals surface area contributed by atoms with Crippen LogP contribution in [0.4, 0.5) is 5.88 Å². The summed E-state index contributed by atoms with van der Waals surface area (Å²) in [6, 6.07) is 3.82. The lowest BCUT2D eigenvalue weighted by atomic mass is 9.94. The Balaban J connectivity index is 1.45. The molecule has 2 aromatic rings. The number of hydrogen-bond donors (Lipinski definition) is 2. The number of nitrogens with one attached hydrogen (secondary N) is 2. The van der Waals surface area contributed by atoms with Crippen LogP contribution in [0.2, 0.25) is 0 Å². The standard InChI is InChI=1S/C16H23N5O2/c1-11(2)14-9-16(23-20-14)18-15(22)10-21-7-4-12(5-8-21)13-3-6-17-19-13/h3,6,9,11-12H,4-5,7-8,10H2,1-2H3,(H,17,19)(H,18,22). The maximum absolute atomic E-state index is 12.1. The summed E-state index contributed by atoms with van der Waals surface area (Å²) >= 11 is 0. The average molecular weight is 317 g/mol. The molecule has 3 heterocycles. The van der Waals surface area contributed by atoms with Gasteiger partial charge in [-0.25, -0.2) is 0 Å². The number of piperidine rings is 1. The minimum absolute atomic E-state index is 0.0588. The number of anilines is 1. The summed E-state index contributed by atoms with van der Waals surface area (Å²) < 4.78 is 5.14. The zero-order valence-electron chi connectivity index (χ0n) is 13.6. The first-order valence-electron chi connectivity index (χ1n) is 8.10. The summed E-state index contributed by atoms with van der Waals surface area (Å²) in [7, 11) is 0. The van der Waals surface area contributed by atoms with Crippen molar-refractivity contribution in [2.75, 3.05) is 25.0 Å². The van der Waals surface area contributed by atoms with Gasteiger partial charge in [-0.1, -0.05) is 19.0 Å². The van der Waals surface area contributed by atoms with Crippen LogP contribution in [0.3, 0.4) is 0 Å². The Labute approximate surface area is 135 Å². The van der Waals surface area contributed by atoms with E-state index in [1.165, 1.54) is 5.69 Å². The van der Waals surface area contributed by atoms with Crippen LogP contribution in [0, 0.1) is 0 Å². The maximum atomic E-state index is 12.1. The SMILES string of the molecule is CC(C)c1cc(NC(=O)CN2CCC(c3ccn[nH]3)CC2)on1. The topological polar surface area (TPSA) is 87.0 Å². The van der Waals surface area contributed by atoms with Crippen molar-refractivity contribution in [1.82, 2.24) is 20.3 Å². The molecule has 0 aromatic carbocycles. The highest BCUT2D eigenvalue weighted by Crippen LogP contribution is 2.26. The fourth-order valence-electron chi connectivity index (χ4n) is 2.90. The predicted molar refractivity (Wildman–Crippen MR) is 86.2 cm³/mol. The van der Waals surface area contributed by atoms with Crippen molar-refractivity contribution in [1.29, 1.82) is 0 Å². The number of H-pyrrole nitrogens is 1. The third-order valence-corrected chi connectivity index (χ3v) is 4.30. The summed E-state index contributed by atoms with van der Waals surface area (Å²) in [4.78, 5) is 14.3. The van der Waals surface area contributed by atoms with E-state index in [2.05, 4.69) is 25.6 Å². The number of likely N-dealkylation sites (tertiary alicyclic amines) is 1. The lowest BCUT2D eigenvalue weighted by Crippen LogP contribution is -2.38. The van der Waals surface area contributed by atoms with Crippen molar-refractivity contribution >= 4 is 11.8 Å². The van der Waals surface area contributed by atoms with Gasteiger partial charge in [0.2, 0.25) is 11.8 Å². The number of rotatable bonds is 5. The number of carbonyl (C=O) groups is 1. The first-order chi connectivity index (χ1) is 11.1. The van der Waals surface area contributed by atoms with Crippen LogP contribution in [-0.2, 0) is 4.79 Å². The molecular formula is C16H23N5O2. The molecule has 1 fully saturated rings. The Morgan fingerprint density at radius 3 is 2.87 bits per heavy atom. The second kappa shape index (κ2) is 6.95. The number of carbonyl (C=O) groups excluding carboxylic acids is 1. The van der Waals surface area contributed by atoms with Gasteiger partial charge in [0.1, 0.15) is 0 Å². The fourth-order valence-corrected chi connectivity index (χ4v) is 2.90. The minimum atomic E-state index is -0.0588. The summed E-state index contributed by atoms with van der Waals surface area (Å²) in [5, 5.41) is 13.8. The summed E-state index contributed by atoms with van der Waals surface area (Å²) in [5.74, 6) is 1.16. The first kappa shape index (κ1) is 15.7. The van der Waals surface area contributed by atoms with E-state index in [0.29, 0.717) is 18.3 Å². The molecule has 7 nitrogen and oxygen atoms in total. The van der Waals surface area contributed by atoms with Crippen LogP contribution in [0.1, 0.15) is 49.9 Å². The highest BCUT2D eigenvalue weighted by Gasteiger charge is 2.23. The lowest BCUT2D eigenvalue weighted by molar-refractivity contribution is -0.117. The molecule has 0 unspecified atom stereocenters. The van der Waals surface area contributed by atoms with Crippen molar-refractivity contribution in [2.45, 2.75) is 38.5 Å². The Morgan fingerprint density at radius 1 is 1.48 bits per heavy atom. The molecule has 2 N–H and O–H groups in total. The van der Waals surface area contributed by atoms with Gasteiger partial charge in [0.15, 0.2) is 0 Å². The molecule has 1 amide bonds. The Kier molecular flexibility index (Phi) is 4.76. The van der Waals surface area contributed by atoms with E-state index in [0.717, 1.165) is 31.6 Å². The van der Waals surface area contributed by atoms with Gasteiger partial charge in [-0.05, 0) is 37.9 Å². The minimum Gasteiger partial charge on any atom is -0.338 e. The van der Waals surface area contributed by atoms with E-state index < -0.39 is 0 Å². The van der Waals surface area contributed by atoms with Gasteiger partial charge in [-0.15, -0.1) is 0 Å². The fraction of sp³-hybridized carbons (Fsp3) is 0.562. The highest BCUT2D eigenvalue weighted by atomic mass is 16.5. The molecule has 0 radical (unpaired) electrons. The summed E-state index contributed by atoms with van der Waals surface area (Å²) in [6.07, 6.45) is 3.86. The van der Waals surface area contributed by atoms with Crippen LogP contribution in [0.5, 0.6) is 0 Å². The van der Waals surface area contributed by atoms with Crippen molar-refractivity contribution in [3.8, 4) is 0 Å². The normalized spacial score (nSPS) is 16.8. The zero-order valence-corrected chi connectivity index (χ0v) is 13.6. The van der Waals surface area contributed by atoms with Crippen molar-refractivity contribution in [3.05, 3.63) is 29.7 Å². The smallest absolute Gasteiger partial charge is 0.240 e. The van der Waals surface area contributed by atoms with Crippen LogP contribution in [-0.4, -0.2) is 45.8 Å². The van der Waals surface area contributed by atoms with Crippen LogP contribution >= 0.6 is 0 Å². The molecule has 1 aliphatic rings. The van der Waals surface area contributed by atoms with Gasteiger partial charge in [-0.2, -0.15) is 5.10 Å². The van der Waals surface area contributed by atoms with Crippen LogP contribution in [0.25, 0.3) is 0 Å². The summed E-state index contributed by atoms with van der Waals surface area (Å²) in [6.45, 7) is 6.27. The van der Waals surface area contributed by atoms with Gasteiger partial charge in [0, 0.05) is 23.9 Å². The molecule has 23 heavy (non-hydrogen) atoms. The summed E-state index contributed by atoms with van der Waals surface area (Å²) in [5.41, 5.74) is 2.04. The number of aromatic nitrogens is 3. The molecule has 1 aliphatic heterocycles. The quantitative estimate of drug-likeness (QED) is 0.884. The number of nitrogens with zero attached hydrogens (tertiary/aromatic N) is 3. The van der Waals surface area contributed by atoms with Gasteiger partial charge in [0.25, 0.3) is 0 Å². The molecule has 3 rings (SSSR count). The molecular weight excluding hydrogens is 294 g/mol. The molecule has 0 bridgehead atoms. The van der Waals surface area contributed by atoms with Crippen molar-refractivity contribution in [3.63, 3.8) is 0 Å². The maximum Gasteiger partial charge on any atom is 0.240 e. The Bertz CT molecular complexity index is 627. The third-order valence-electron chi connectivity index (χ3n) is 4.30. The number of aromatic amines is 1. The monoisotopic (exact) mass is 317 g/mol. The van der Waals surface area contributed by atoms with Crippen molar-refractivity contribution in [2.24, 2.45) is 0 Å². The van der Waals surface area contributed by atoms with Gasteiger partial charge < -0.3 is 4.52 Å². The molecule has 124 valence electrons. The molecule has 7 heteroatoms. The molecule has 0 atom stereocenters. The highest BCUT2D eigenvalue weighted by molar-refractivity contribution is 5.90. The first-order valence-corrected chi connectivity index (χ1v) is 8.10. The van der Waals surface area contributed by atoms with Crippen LogP contribution in [0.15, 0.2) is 22.9 Å². The number of hydrogen-bond acceptors (Lipinski definition) is 5. The molecule has 1 saturated heterocycles. The van der Waals surface area contributed by atoms with E-state index in [1.807, 2.05) is 19.9 Å². The van der Waals surface area contributed by atoms with E-state index in [4.69, 9.17) is 4.52 Å². The molecule has 2 aromatic heterocycles. The van der Waals surface area contributed by atoms with E-state index in [-0.39, 0.29) is 11.8 Å². The lowest BCUT2D eigenvalue weighted by Gasteiger charge is -2.30. The Hall–Kier alpha value is -2.15. The van der Waals surface area contributed by atoms with Crippen LogP contribution < -0.4 is 5.32 Å². The molecule has 0 spiro atoms. The van der Waals surface area contributed by atoms with Crippen molar-refractivity contribution < 1.29 is 9.32 Å². The van der Waals surface area contributed by atoms with Gasteiger partial charge >= 0.3 is 0 Å². The van der Waals surface area contributed by atoms with E-state index in [9.17, 15) is 4.79 Å². The molecule has 0 saturated carbocycles. The van der Waals surface area contributed by atoms with E-state index in [1.54, 1.807) is 12.3 Å². The van der Waals surface area contributed by atoms with Gasteiger partial charge in [-0.3, -0.25) is 20.1 Å². The Morgan fingerprint density at radius 2 is 2.26 bits per heavy atom. The number of amides is 1. The van der Waals surface area contributed by atoms with E-state index >= 15 is 0 Å². The second-order valence-electron chi connectivity index (χ2n) is 6.38. The second-order valence-corrected chi connectivity index (χ2v) is 6.38. The predicted octanol–water partition coefficient (Wildman–Crippen LogP) is 2.34. The van der Waals surface area contributed by atoms with Gasteiger partial charge in [0.05, 0.1) is 12.2 Å².